The molecule has 1 atom stereocenters. The van der Waals surface area contributed by atoms with E-state index < -0.39 is 11.9 Å². The standard InChI is InChI=1S/C25H27FN6O2S/c1-16-27-23(29-32(16)14-17-8-4-3-5-9-17)24(33)28-19-15-35-22-13-20(31-10-6-7-11-31)18(26)12-21(22)30(2)25(19)34/h3-5,8-9,12-13,19H,6-7,10-11,14-15H2,1-2H3,(H,28,33)/t19-/m0/s1. The summed E-state index contributed by atoms with van der Waals surface area (Å²) in [6.45, 7) is 3.94. The zero-order chi connectivity index (χ0) is 24.5. The number of thioether (sulfide) groups is 1. The minimum absolute atomic E-state index is 0.0167. The fourth-order valence-corrected chi connectivity index (χ4v) is 5.57. The second-order valence-corrected chi connectivity index (χ2v) is 9.89. The van der Waals surface area contributed by atoms with Gasteiger partial charge in [0.2, 0.25) is 11.7 Å². The first kappa shape index (κ1) is 23.3. The normalized spacial score (nSPS) is 17.9. The van der Waals surface area contributed by atoms with E-state index in [1.165, 1.54) is 22.7 Å². The minimum atomic E-state index is -0.787. The lowest BCUT2D eigenvalue weighted by Crippen LogP contribution is -2.48. The van der Waals surface area contributed by atoms with Gasteiger partial charge in [0.05, 0.1) is 17.9 Å². The maximum Gasteiger partial charge on any atom is 0.291 e. The minimum Gasteiger partial charge on any atom is -0.369 e. The topological polar surface area (TPSA) is 83.4 Å². The van der Waals surface area contributed by atoms with Crippen LogP contribution in [0.2, 0.25) is 0 Å². The average molecular weight is 495 g/mol. The second-order valence-electron chi connectivity index (χ2n) is 8.83. The number of hydrogen-bond donors (Lipinski definition) is 1. The highest BCUT2D eigenvalue weighted by Gasteiger charge is 2.32. The van der Waals surface area contributed by atoms with Crippen LogP contribution in [0.25, 0.3) is 0 Å². The van der Waals surface area contributed by atoms with Crippen molar-refractivity contribution < 1.29 is 14.0 Å². The number of aryl methyl sites for hydroxylation is 1. The van der Waals surface area contributed by atoms with Crippen molar-refractivity contribution in [2.75, 3.05) is 35.7 Å². The molecule has 2 aliphatic heterocycles. The Morgan fingerprint density at radius 2 is 1.91 bits per heavy atom. The zero-order valence-corrected chi connectivity index (χ0v) is 20.5. The second kappa shape index (κ2) is 9.69. The van der Waals surface area contributed by atoms with E-state index in [0.717, 1.165) is 36.4 Å². The van der Waals surface area contributed by atoms with E-state index in [1.54, 1.807) is 18.7 Å². The van der Waals surface area contributed by atoms with Crippen LogP contribution in [-0.2, 0) is 11.3 Å². The molecule has 0 aliphatic carbocycles. The average Bonchev–Trinajstić information content (AvgIpc) is 3.50. The third-order valence-corrected chi connectivity index (χ3v) is 7.55. The summed E-state index contributed by atoms with van der Waals surface area (Å²) in [6.07, 6.45) is 2.09. The van der Waals surface area contributed by atoms with Crippen LogP contribution in [0.5, 0.6) is 0 Å². The van der Waals surface area contributed by atoms with E-state index in [0.29, 0.717) is 29.5 Å². The van der Waals surface area contributed by atoms with Gasteiger partial charge in [0.1, 0.15) is 17.7 Å². The Hall–Kier alpha value is -3.40. The number of aromatic nitrogens is 3. The van der Waals surface area contributed by atoms with Gasteiger partial charge in [-0.05, 0) is 31.4 Å². The lowest BCUT2D eigenvalue weighted by molar-refractivity contribution is -0.119. The number of carbonyl (C=O) groups excluding carboxylic acids is 2. The number of benzene rings is 2. The van der Waals surface area contributed by atoms with Crippen molar-refractivity contribution in [1.29, 1.82) is 0 Å². The predicted molar refractivity (Wildman–Crippen MR) is 134 cm³/mol. The summed E-state index contributed by atoms with van der Waals surface area (Å²) in [5, 5.41) is 7.14. The summed E-state index contributed by atoms with van der Waals surface area (Å²) in [4.78, 5) is 34.7. The fraction of sp³-hybridized carbons (Fsp3) is 0.360. The SMILES string of the molecule is Cc1nc(C(=O)N[C@H]2CSc3cc(N4CCCC4)c(F)cc3N(C)C2=O)nn1Cc1ccccc1. The van der Waals surface area contributed by atoms with Crippen molar-refractivity contribution in [1.82, 2.24) is 20.1 Å². The van der Waals surface area contributed by atoms with Gasteiger partial charge in [-0.3, -0.25) is 9.59 Å². The van der Waals surface area contributed by atoms with Crippen LogP contribution < -0.4 is 15.1 Å². The molecule has 5 rings (SSSR count). The number of carbonyl (C=O) groups is 2. The molecule has 10 heteroatoms. The molecule has 0 radical (unpaired) electrons. The Labute approximate surface area is 207 Å². The molecule has 2 amide bonds. The monoisotopic (exact) mass is 494 g/mol. The molecular formula is C25H27FN6O2S. The van der Waals surface area contributed by atoms with Crippen LogP contribution >= 0.6 is 11.8 Å². The van der Waals surface area contributed by atoms with Crippen LogP contribution in [0.3, 0.4) is 0 Å². The van der Waals surface area contributed by atoms with E-state index >= 15 is 0 Å². The predicted octanol–water partition coefficient (Wildman–Crippen LogP) is 3.24. The van der Waals surface area contributed by atoms with Crippen molar-refractivity contribution >= 4 is 35.0 Å². The summed E-state index contributed by atoms with van der Waals surface area (Å²) in [5.41, 5.74) is 2.13. The quantitative estimate of drug-likeness (QED) is 0.586. The molecule has 1 saturated heterocycles. The van der Waals surface area contributed by atoms with E-state index in [4.69, 9.17) is 0 Å². The Morgan fingerprint density at radius 1 is 1.17 bits per heavy atom. The molecule has 1 fully saturated rings. The van der Waals surface area contributed by atoms with Crippen molar-refractivity contribution in [3.05, 3.63) is 65.5 Å². The van der Waals surface area contributed by atoms with Gasteiger partial charge in [0.15, 0.2) is 0 Å². The van der Waals surface area contributed by atoms with Crippen LogP contribution in [0.1, 0.15) is 34.8 Å². The van der Waals surface area contributed by atoms with Gasteiger partial charge in [-0.25, -0.2) is 14.1 Å². The van der Waals surface area contributed by atoms with Gasteiger partial charge < -0.3 is 15.1 Å². The van der Waals surface area contributed by atoms with Gasteiger partial charge in [0, 0.05) is 36.9 Å². The molecule has 35 heavy (non-hydrogen) atoms. The first-order valence-corrected chi connectivity index (χ1v) is 12.6. The largest absolute Gasteiger partial charge is 0.369 e. The fourth-order valence-electron chi connectivity index (χ4n) is 4.46. The van der Waals surface area contributed by atoms with E-state index in [9.17, 15) is 14.0 Å². The van der Waals surface area contributed by atoms with Gasteiger partial charge in [0.25, 0.3) is 5.91 Å². The highest BCUT2D eigenvalue weighted by atomic mass is 32.2. The number of fused-ring (bicyclic) bond motifs is 1. The molecule has 0 unspecified atom stereocenters. The molecule has 2 aliphatic rings. The first-order chi connectivity index (χ1) is 16.9. The van der Waals surface area contributed by atoms with Crippen molar-refractivity contribution in [2.45, 2.75) is 37.2 Å². The van der Waals surface area contributed by atoms with E-state index in [-0.39, 0.29) is 17.5 Å². The summed E-state index contributed by atoms with van der Waals surface area (Å²) in [7, 11) is 1.61. The van der Waals surface area contributed by atoms with E-state index in [2.05, 4.69) is 15.4 Å². The van der Waals surface area contributed by atoms with Crippen LogP contribution in [0.4, 0.5) is 15.8 Å². The Bertz CT molecular complexity index is 1260. The molecule has 182 valence electrons. The lowest BCUT2D eigenvalue weighted by Gasteiger charge is -2.23. The molecule has 3 aromatic rings. The molecule has 1 N–H and O–H groups in total. The Morgan fingerprint density at radius 3 is 2.66 bits per heavy atom. The third-order valence-electron chi connectivity index (χ3n) is 6.41. The Balaban J connectivity index is 1.31. The van der Waals surface area contributed by atoms with Crippen molar-refractivity contribution in [3.63, 3.8) is 0 Å². The molecule has 2 aromatic carbocycles. The van der Waals surface area contributed by atoms with Gasteiger partial charge in [-0.1, -0.05) is 30.3 Å². The number of nitrogens with zero attached hydrogens (tertiary/aromatic N) is 5. The number of amides is 2. The molecule has 0 saturated carbocycles. The Kier molecular flexibility index (Phi) is 6.46. The molecule has 8 nitrogen and oxygen atoms in total. The number of hydrogen-bond acceptors (Lipinski definition) is 6. The van der Waals surface area contributed by atoms with Crippen LogP contribution in [-0.4, -0.2) is 58.5 Å². The van der Waals surface area contributed by atoms with Gasteiger partial charge in [-0.15, -0.1) is 16.9 Å². The molecule has 0 spiro atoms. The molecule has 0 bridgehead atoms. The maximum absolute atomic E-state index is 14.9. The summed E-state index contributed by atoms with van der Waals surface area (Å²) in [6, 6.07) is 12.2. The van der Waals surface area contributed by atoms with Gasteiger partial charge in [-0.2, -0.15) is 0 Å². The summed E-state index contributed by atoms with van der Waals surface area (Å²) >= 11 is 1.44. The summed E-state index contributed by atoms with van der Waals surface area (Å²) < 4.78 is 16.6. The number of likely N-dealkylation sites (N-methyl/N-ethyl adjacent to an activating group) is 1. The smallest absolute Gasteiger partial charge is 0.291 e. The molecular weight excluding hydrogens is 467 g/mol. The number of rotatable bonds is 5. The van der Waals surface area contributed by atoms with Crippen molar-refractivity contribution in [2.24, 2.45) is 0 Å². The number of halogens is 1. The van der Waals surface area contributed by atoms with Crippen molar-refractivity contribution in [3.8, 4) is 0 Å². The number of nitrogens with one attached hydrogen (secondary N) is 1. The molecule has 1 aromatic heterocycles. The van der Waals surface area contributed by atoms with Crippen LogP contribution in [0, 0.1) is 12.7 Å². The third kappa shape index (κ3) is 4.75. The molecule has 3 heterocycles. The van der Waals surface area contributed by atoms with Gasteiger partial charge >= 0.3 is 0 Å². The lowest BCUT2D eigenvalue weighted by atomic mass is 10.2. The zero-order valence-electron chi connectivity index (χ0n) is 19.7. The number of anilines is 2. The highest BCUT2D eigenvalue weighted by Crippen LogP contribution is 2.39. The van der Waals surface area contributed by atoms with E-state index in [1.807, 2.05) is 41.3 Å². The first-order valence-electron chi connectivity index (χ1n) is 11.7. The highest BCUT2D eigenvalue weighted by molar-refractivity contribution is 7.99. The maximum atomic E-state index is 14.9. The summed E-state index contributed by atoms with van der Waals surface area (Å²) in [5.74, 6) is -0.202. The van der Waals surface area contributed by atoms with Crippen LogP contribution in [0.15, 0.2) is 47.4 Å².